The molecule has 0 aliphatic heterocycles. The molecule has 0 radical (unpaired) electrons. The summed E-state index contributed by atoms with van der Waals surface area (Å²) in [5.41, 5.74) is 3.03. The molecule has 4 rings (SSSR count). The Hall–Kier alpha value is -4.54. The van der Waals surface area contributed by atoms with Gasteiger partial charge in [-0.25, -0.2) is 9.78 Å². The van der Waals surface area contributed by atoms with Crippen LogP contribution in [0.1, 0.15) is 39.4 Å². The van der Waals surface area contributed by atoms with Crippen LogP contribution in [0.3, 0.4) is 0 Å². The van der Waals surface area contributed by atoms with Gasteiger partial charge in [-0.3, -0.25) is 9.59 Å². The number of amides is 2. The number of nitrogens with one attached hydrogen (secondary N) is 3. The smallest absolute Gasteiger partial charge is 0.354 e. The molecule has 0 atom stereocenters. The van der Waals surface area contributed by atoms with Crippen molar-refractivity contribution in [3.63, 3.8) is 0 Å². The van der Waals surface area contributed by atoms with Crippen LogP contribution in [-0.4, -0.2) is 52.2 Å². The SMILES string of the molecule is CNC(=O)c1nnc(NC(=O)C2CC2)cc1Nc1ccc(C)c(-c2ccc(C(=O)O)nc2)c1OC. The number of carbonyl (C=O) groups excluding carboxylic acids is 2. The van der Waals surface area contributed by atoms with Gasteiger partial charge in [-0.15, -0.1) is 10.2 Å². The van der Waals surface area contributed by atoms with E-state index in [1.165, 1.54) is 26.4 Å². The lowest BCUT2D eigenvalue weighted by Crippen LogP contribution is -2.22. The quantitative estimate of drug-likeness (QED) is 0.384. The average molecular weight is 476 g/mol. The Bertz CT molecular complexity index is 1300. The van der Waals surface area contributed by atoms with Crippen LogP contribution in [0.4, 0.5) is 17.2 Å². The second-order valence-corrected chi connectivity index (χ2v) is 8.04. The van der Waals surface area contributed by atoms with Gasteiger partial charge in [-0.2, -0.15) is 0 Å². The number of aromatic carboxylic acids is 1. The maximum absolute atomic E-state index is 12.4. The largest absolute Gasteiger partial charge is 0.494 e. The molecule has 3 aromatic rings. The number of anilines is 3. The van der Waals surface area contributed by atoms with Crippen molar-refractivity contribution in [2.45, 2.75) is 19.8 Å². The molecule has 1 saturated carbocycles. The predicted molar refractivity (Wildman–Crippen MR) is 128 cm³/mol. The first-order chi connectivity index (χ1) is 16.8. The van der Waals surface area contributed by atoms with Crippen LogP contribution in [0.15, 0.2) is 36.5 Å². The van der Waals surface area contributed by atoms with E-state index in [1.54, 1.807) is 18.2 Å². The average Bonchev–Trinajstić information content (AvgIpc) is 3.70. The fourth-order valence-electron chi connectivity index (χ4n) is 3.57. The van der Waals surface area contributed by atoms with E-state index in [1.807, 2.05) is 13.0 Å². The topological polar surface area (TPSA) is 155 Å². The summed E-state index contributed by atoms with van der Waals surface area (Å²) in [5.74, 6) is -1.06. The molecule has 1 aliphatic carbocycles. The summed E-state index contributed by atoms with van der Waals surface area (Å²) in [7, 11) is 2.99. The Morgan fingerprint density at radius 1 is 1.09 bits per heavy atom. The number of nitrogens with zero attached hydrogens (tertiary/aromatic N) is 3. The second kappa shape index (κ2) is 9.75. The van der Waals surface area contributed by atoms with E-state index in [2.05, 4.69) is 31.1 Å². The normalized spacial score (nSPS) is 12.5. The van der Waals surface area contributed by atoms with Crippen molar-refractivity contribution in [2.75, 3.05) is 24.8 Å². The standard InChI is InChI=1S/C24H24N6O5/c1-12-4-8-15(21(35-3)19(12)14-7-9-16(24(33)34)26-11-14)27-17-10-18(28-22(31)13-5-6-13)29-30-20(17)23(32)25-2/h4,7-11,13H,5-6H2,1-3H3,(H,25,32)(H,33,34)(H2,27,28,29,31). The van der Waals surface area contributed by atoms with Crippen LogP contribution in [-0.2, 0) is 4.79 Å². The van der Waals surface area contributed by atoms with Gasteiger partial charge in [0.05, 0.1) is 18.5 Å². The number of carbonyl (C=O) groups is 3. The minimum absolute atomic E-state index is 0.0206. The minimum Gasteiger partial charge on any atom is -0.494 e. The summed E-state index contributed by atoms with van der Waals surface area (Å²) in [5, 5.41) is 25.6. The number of ether oxygens (including phenoxy) is 1. The van der Waals surface area contributed by atoms with Gasteiger partial charge < -0.3 is 25.8 Å². The van der Waals surface area contributed by atoms with Crippen LogP contribution in [0.5, 0.6) is 5.75 Å². The van der Waals surface area contributed by atoms with Crippen molar-refractivity contribution in [3.05, 3.63) is 53.5 Å². The molecule has 1 aliphatic rings. The summed E-state index contributed by atoms with van der Waals surface area (Å²) < 4.78 is 5.71. The third-order valence-electron chi connectivity index (χ3n) is 5.55. The van der Waals surface area contributed by atoms with E-state index in [4.69, 9.17) is 9.84 Å². The molecule has 11 nitrogen and oxygen atoms in total. The number of carboxylic acid groups (broad SMARTS) is 1. The summed E-state index contributed by atoms with van der Waals surface area (Å²) in [4.78, 5) is 39.8. The Labute approximate surface area is 200 Å². The molecule has 1 fully saturated rings. The van der Waals surface area contributed by atoms with E-state index >= 15 is 0 Å². The van der Waals surface area contributed by atoms with Crippen molar-refractivity contribution < 1.29 is 24.2 Å². The van der Waals surface area contributed by atoms with E-state index in [-0.39, 0.29) is 29.0 Å². The van der Waals surface area contributed by atoms with Gasteiger partial charge in [0.25, 0.3) is 5.91 Å². The van der Waals surface area contributed by atoms with E-state index in [0.29, 0.717) is 28.3 Å². The highest BCUT2D eigenvalue weighted by Gasteiger charge is 2.30. The molecule has 180 valence electrons. The number of pyridine rings is 1. The monoisotopic (exact) mass is 476 g/mol. The zero-order valence-electron chi connectivity index (χ0n) is 19.4. The van der Waals surface area contributed by atoms with Crippen LogP contribution in [0, 0.1) is 12.8 Å². The van der Waals surface area contributed by atoms with Crippen LogP contribution in [0.25, 0.3) is 11.1 Å². The highest BCUT2D eigenvalue weighted by atomic mass is 16.5. The van der Waals surface area contributed by atoms with Crippen molar-refractivity contribution in [1.29, 1.82) is 0 Å². The Morgan fingerprint density at radius 2 is 1.86 bits per heavy atom. The Morgan fingerprint density at radius 3 is 2.46 bits per heavy atom. The number of methoxy groups -OCH3 is 1. The Kier molecular flexibility index (Phi) is 6.58. The van der Waals surface area contributed by atoms with Crippen molar-refractivity contribution in [1.82, 2.24) is 20.5 Å². The molecule has 4 N–H and O–H groups in total. The molecule has 0 saturated heterocycles. The van der Waals surface area contributed by atoms with E-state index in [0.717, 1.165) is 18.4 Å². The first-order valence-corrected chi connectivity index (χ1v) is 10.9. The van der Waals surface area contributed by atoms with Crippen molar-refractivity contribution >= 4 is 35.0 Å². The Balaban J connectivity index is 1.74. The van der Waals surface area contributed by atoms with E-state index < -0.39 is 11.9 Å². The van der Waals surface area contributed by atoms with Gasteiger partial charge >= 0.3 is 5.97 Å². The lowest BCUT2D eigenvalue weighted by atomic mass is 9.99. The number of aromatic nitrogens is 3. The zero-order chi connectivity index (χ0) is 25.1. The van der Waals surface area contributed by atoms with Gasteiger partial charge in [0.2, 0.25) is 5.91 Å². The third kappa shape index (κ3) is 5.03. The molecule has 2 amide bonds. The van der Waals surface area contributed by atoms with Gasteiger partial charge in [0, 0.05) is 36.4 Å². The molecule has 0 unspecified atom stereocenters. The van der Waals surface area contributed by atoms with Crippen molar-refractivity contribution in [2.24, 2.45) is 5.92 Å². The van der Waals surface area contributed by atoms with Gasteiger partial charge in [0.15, 0.2) is 11.5 Å². The van der Waals surface area contributed by atoms with Crippen LogP contribution >= 0.6 is 0 Å². The number of rotatable bonds is 8. The second-order valence-electron chi connectivity index (χ2n) is 8.04. The maximum atomic E-state index is 12.4. The predicted octanol–water partition coefficient (Wildman–Crippen LogP) is 3.01. The fourth-order valence-corrected chi connectivity index (χ4v) is 3.57. The molecule has 11 heteroatoms. The molecule has 0 spiro atoms. The third-order valence-corrected chi connectivity index (χ3v) is 5.55. The lowest BCUT2D eigenvalue weighted by molar-refractivity contribution is -0.117. The molecular formula is C24H24N6O5. The highest BCUT2D eigenvalue weighted by molar-refractivity contribution is 6.00. The summed E-state index contributed by atoms with van der Waals surface area (Å²) in [6.45, 7) is 1.89. The van der Waals surface area contributed by atoms with Gasteiger partial charge in [0.1, 0.15) is 11.4 Å². The maximum Gasteiger partial charge on any atom is 0.354 e. The fraction of sp³-hybridized carbons (Fsp3) is 0.250. The summed E-state index contributed by atoms with van der Waals surface area (Å²) in [6.07, 6.45) is 3.15. The highest BCUT2D eigenvalue weighted by Crippen LogP contribution is 2.40. The summed E-state index contributed by atoms with van der Waals surface area (Å²) >= 11 is 0. The van der Waals surface area contributed by atoms with Crippen LogP contribution < -0.4 is 20.7 Å². The molecule has 35 heavy (non-hydrogen) atoms. The first kappa shape index (κ1) is 23.6. The lowest BCUT2D eigenvalue weighted by Gasteiger charge is -2.18. The van der Waals surface area contributed by atoms with Gasteiger partial charge in [-0.05, 0) is 37.5 Å². The number of hydrogen-bond donors (Lipinski definition) is 4. The number of hydrogen-bond acceptors (Lipinski definition) is 8. The summed E-state index contributed by atoms with van der Waals surface area (Å²) in [6, 6.07) is 8.25. The van der Waals surface area contributed by atoms with Gasteiger partial charge in [-0.1, -0.05) is 12.1 Å². The van der Waals surface area contributed by atoms with Crippen molar-refractivity contribution in [3.8, 4) is 16.9 Å². The molecule has 2 heterocycles. The van der Waals surface area contributed by atoms with Crippen LogP contribution in [0.2, 0.25) is 0 Å². The molecular weight excluding hydrogens is 452 g/mol. The first-order valence-electron chi connectivity index (χ1n) is 10.9. The zero-order valence-corrected chi connectivity index (χ0v) is 19.4. The number of benzene rings is 1. The molecule has 0 bridgehead atoms. The minimum atomic E-state index is -1.12. The number of carboxylic acids is 1. The molecule has 1 aromatic carbocycles. The molecule has 2 aromatic heterocycles. The van der Waals surface area contributed by atoms with E-state index in [9.17, 15) is 14.4 Å². The number of aryl methyl sites for hydroxylation is 1.